The fraction of sp³-hybridized carbons (Fsp3) is 0.750. The monoisotopic (exact) mass is 296 g/mol. The first kappa shape index (κ1) is 14.7. The SMILES string of the molecule is FC(F)(F)CCOCc1nn(C2CCCC2)cc1Cl. The van der Waals surface area contributed by atoms with Crippen LogP contribution in [0.15, 0.2) is 6.20 Å². The van der Waals surface area contributed by atoms with Crippen LogP contribution in [0.25, 0.3) is 0 Å². The fourth-order valence-electron chi connectivity index (χ4n) is 2.22. The number of alkyl halides is 3. The van der Waals surface area contributed by atoms with Crippen molar-refractivity contribution in [2.45, 2.75) is 50.9 Å². The Labute approximate surface area is 114 Å². The molecule has 2 rings (SSSR count). The van der Waals surface area contributed by atoms with E-state index in [2.05, 4.69) is 5.10 Å². The second-order valence-electron chi connectivity index (χ2n) is 4.76. The summed E-state index contributed by atoms with van der Waals surface area (Å²) in [6.45, 7) is -0.343. The Bertz CT molecular complexity index is 414. The molecule has 0 aliphatic heterocycles. The molecule has 0 bridgehead atoms. The van der Waals surface area contributed by atoms with Crippen LogP contribution in [0, 0.1) is 0 Å². The summed E-state index contributed by atoms with van der Waals surface area (Å²) in [6, 6.07) is 0.362. The van der Waals surface area contributed by atoms with E-state index in [0.717, 1.165) is 12.8 Å². The van der Waals surface area contributed by atoms with E-state index in [1.807, 2.05) is 4.68 Å². The van der Waals surface area contributed by atoms with Crippen molar-refractivity contribution in [3.63, 3.8) is 0 Å². The molecule has 0 saturated heterocycles. The van der Waals surface area contributed by atoms with Gasteiger partial charge in [0, 0.05) is 6.20 Å². The predicted molar refractivity (Wildman–Crippen MR) is 65.1 cm³/mol. The number of rotatable bonds is 5. The second kappa shape index (κ2) is 6.13. The average molecular weight is 297 g/mol. The van der Waals surface area contributed by atoms with E-state index in [4.69, 9.17) is 16.3 Å². The maximum atomic E-state index is 11.9. The van der Waals surface area contributed by atoms with Gasteiger partial charge in [0.15, 0.2) is 0 Å². The van der Waals surface area contributed by atoms with Crippen LogP contribution in [-0.4, -0.2) is 22.6 Å². The maximum Gasteiger partial charge on any atom is 0.391 e. The third-order valence-corrected chi connectivity index (χ3v) is 3.54. The molecule has 1 heterocycles. The molecule has 0 spiro atoms. The first-order chi connectivity index (χ1) is 8.96. The van der Waals surface area contributed by atoms with Crippen molar-refractivity contribution in [3.05, 3.63) is 16.9 Å². The summed E-state index contributed by atoms with van der Waals surface area (Å²) in [4.78, 5) is 0. The summed E-state index contributed by atoms with van der Waals surface area (Å²) in [7, 11) is 0. The van der Waals surface area contributed by atoms with E-state index < -0.39 is 12.6 Å². The van der Waals surface area contributed by atoms with E-state index in [0.29, 0.717) is 16.8 Å². The minimum absolute atomic E-state index is 0.0225. The van der Waals surface area contributed by atoms with Crippen LogP contribution in [0.2, 0.25) is 5.02 Å². The molecule has 0 radical (unpaired) electrons. The number of ether oxygens (including phenoxy) is 1. The highest BCUT2D eigenvalue weighted by Crippen LogP contribution is 2.30. The highest BCUT2D eigenvalue weighted by atomic mass is 35.5. The Morgan fingerprint density at radius 2 is 2.05 bits per heavy atom. The Morgan fingerprint density at radius 1 is 1.37 bits per heavy atom. The third kappa shape index (κ3) is 4.38. The lowest BCUT2D eigenvalue weighted by Crippen LogP contribution is -2.12. The van der Waals surface area contributed by atoms with Gasteiger partial charge >= 0.3 is 6.18 Å². The zero-order valence-electron chi connectivity index (χ0n) is 10.4. The molecule has 0 amide bonds. The van der Waals surface area contributed by atoms with Crippen LogP contribution in [0.1, 0.15) is 43.8 Å². The molecular formula is C12H16ClF3N2O. The lowest BCUT2D eigenvalue weighted by molar-refractivity contribution is -0.146. The molecule has 19 heavy (non-hydrogen) atoms. The zero-order chi connectivity index (χ0) is 13.9. The highest BCUT2D eigenvalue weighted by molar-refractivity contribution is 6.31. The summed E-state index contributed by atoms with van der Waals surface area (Å²) in [6.07, 6.45) is 1.11. The number of hydrogen-bond donors (Lipinski definition) is 0. The van der Waals surface area contributed by atoms with Crippen LogP contribution < -0.4 is 0 Å². The number of halogens is 4. The number of hydrogen-bond acceptors (Lipinski definition) is 2. The highest BCUT2D eigenvalue weighted by Gasteiger charge is 2.26. The van der Waals surface area contributed by atoms with E-state index in [9.17, 15) is 13.2 Å². The standard InChI is InChI=1S/C12H16ClF3N2O/c13-10-7-18(9-3-1-2-4-9)17-11(10)8-19-6-5-12(14,15)16/h7,9H,1-6,8H2. The molecular weight excluding hydrogens is 281 g/mol. The van der Waals surface area contributed by atoms with Gasteiger partial charge in [0.2, 0.25) is 0 Å². The Kier molecular flexibility index (Phi) is 4.73. The molecule has 7 heteroatoms. The first-order valence-electron chi connectivity index (χ1n) is 6.34. The molecule has 1 saturated carbocycles. The molecule has 0 atom stereocenters. The molecule has 1 aromatic rings. The molecule has 0 unspecified atom stereocenters. The van der Waals surface area contributed by atoms with E-state index in [-0.39, 0.29) is 13.2 Å². The van der Waals surface area contributed by atoms with Crippen LogP contribution in [0.4, 0.5) is 13.2 Å². The van der Waals surface area contributed by atoms with E-state index in [1.54, 1.807) is 6.20 Å². The Balaban J connectivity index is 1.83. The topological polar surface area (TPSA) is 27.1 Å². The Morgan fingerprint density at radius 3 is 2.68 bits per heavy atom. The van der Waals surface area contributed by atoms with Crippen LogP contribution in [-0.2, 0) is 11.3 Å². The van der Waals surface area contributed by atoms with Gasteiger partial charge in [-0.15, -0.1) is 0 Å². The van der Waals surface area contributed by atoms with Gasteiger partial charge in [0.05, 0.1) is 30.7 Å². The quantitative estimate of drug-likeness (QED) is 0.764. The molecule has 108 valence electrons. The zero-order valence-corrected chi connectivity index (χ0v) is 11.2. The van der Waals surface area contributed by atoms with Crippen molar-refractivity contribution < 1.29 is 17.9 Å². The molecule has 1 aliphatic carbocycles. The molecule has 1 aliphatic rings. The van der Waals surface area contributed by atoms with E-state index >= 15 is 0 Å². The smallest absolute Gasteiger partial charge is 0.375 e. The second-order valence-corrected chi connectivity index (χ2v) is 5.17. The lowest BCUT2D eigenvalue weighted by Gasteiger charge is -2.09. The van der Waals surface area contributed by atoms with Crippen molar-refractivity contribution in [2.75, 3.05) is 6.61 Å². The van der Waals surface area contributed by atoms with Crippen molar-refractivity contribution in [1.82, 2.24) is 9.78 Å². The van der Waals surface area contributed by atoms with Crippen molar-refractivity contribution in [2.24, 2.45) is 0 Å². The molecule has 0 aromatic carbocycles. The summed E-state index contributed by atoms with van der Waals surface area (Å²) >= 11 is 6.01. The van der Waals surface area contributed by atoms with Gasteiger partial charge in [-0.2, -0.15) is 18.3 Å². The van der Waals surface area contributed by atoms with Crippen LogP contribution in [0.5, 0.6) is 0 Å². The van der Waals surface area contributed by atoms with Gasteiger partial charge in [0.25, 0.3) is 0 Å². The largest absolute Gasteiger partial charge is 0.391 e. The van der Waals surface area contributed by atoms with Crippen LogP contribution in [0.3, 0.4) is 0 Å². The predicted octanol–water partition coefficient (Wildman–Crippen LogP) is 4.12. The minimum Gasteiger partial charge on any atom is -0.375 e. The number of aromatic nitrogens is 2. The molecule has 0 N–H and O–H groups in total. The summed E-state index contributed by atoms with van der Waals surface area (Å²) in [5.41, 5.74) is 0.510. The minimum atomic E-state index is -4.19. The summed E-state index contributed by atoms with van der Waals surface area (Å²) in [5, 5.41) is 4.76. The summed E-state index contributed by atoms with van der Waals surface area (Å²) in [5.74, 6) is 0. The van der Waals surface area contributed by atoms with Gasteiger partial charge < -0.3 is 4.74 Å². The maximum absolute atomic E-state index is 11.9. The normalized spacial score (nSPS) is 17.3. The number of nitrogens with zero attached hydrogens (tertiary/aromatic N) is 2. The van der Waals surface area contributed by atoms with Crippen molar-refractivity contribution in [3.8, 4) is 0 Å². The average Bonchev–Trinajstić information content (AvgIpc) is 2.92. The third-order valence-electron chi connectivity index (χ3n) is 3.22. The van der Waals surface area contributed by atoms with Gasteiger partial charge in [-0.3, -0.25) is 4.68 Å². The lowest BCUT2D eigenvalue weighted by atomic mass is 10.3. The van der Waals surface area contributed by atoms with Gasteiger partial charge in [-0.05, 0) is 12.8 Å². The van der Waals surface area contributed by atoms with Crippen molar-refractivity contribution >= 4 is 11.6 Å². The Hall–Kier alpha value is -0.750. The van der Waals surface area contributed by atoms with Crippen molar-refractivity contribution in [1.29, 1.82) is 0 Å². The molecule has 1 aromatic heterocycles. The molecule has 3 nitrogen and oxygen atoms in total. The fourth-order valence-corrected chi connectivity index (χ4v) is 2.41. The molecule has 1 fully saturated rings. The van der Waals surface area contributed by atoms with Crippen LogP contribution >= 0.6 is 11.6 Å². The van der Waals surface area contributed by atoms with Gasteiger partial charge in [-0.25, -0.2) is 0 Å². The van der Waals surface area contributed by atoms with E-state index in [1.165, 1.54) is 12.8 Å². The van der Waals surface area contributed by atoms with Gasteiger partial charge in [0.1, 0.15) is 5.69 Å². The summed E-state index contributed by atoms with van der Waals surface area (Å²) < 4.78 is 42.6. The van der Waals surface area contributed by atoms with Gasteiger partial charge in [-0.1, -0.05) is 24.4 Å². The first-order valence-corrected chi connectivity index (χ1v) is 6.71.